The molecule has 0 amide bonds. The average Bonchev–Trinajstić information content (AvgIpc) is 2.63. The molecule has 2 nitrogen and oxygen atoms in total. The Hall–Kier alpha value is -2.35. The molecule has 0 bridgehead atoms. The van der Waals surface area contributed by atoms with Crippen molar-refractivity contribution in [2.24, 2.45) is 5.92 Å². The summed E-state index contributed by atoms with van der Waals surface area (Å²) in [5.74, 6) is 0.651. The largest absolute Gasteiger partial charge is 0.428 e. The van der Waals surface area contributed by atoms with Crippen LogP contribution in [0.3, 0.4) is 0 Å². The first-order valence-electron chi connectivity index (χ1n) is 8.30. The zero-order valence-corrected chi connectivity index (χ0v) is 13.3. The van der Waals surface area contributed by atoms with E-state index in [-0.39, 0.29) is 5.97 Å². The van der Waals surface area contributed by atoms with E-state index < -0.39 is 0 Å². The van der Waals surface area contributed by atoms with Crippen LogP contribution in [0, 0.1) is 5.92 Å². The van der Waals surface area contributed by atoms with Crippen molar-refractivity contribution >= 4 is 5.97 Å². The first-order valence-corrected chi connectivity index (χ1v) is 8.30. The maximum atomic E-state index is 12.3. The van der Waals surface area contributed by atoms with Gasteiger partial charge in [-0.15, -0.1) is 0 Å². The van der Waals surface area contributed by atoms with Crippen molar-refractivity contribution in [1.29, 1.82) is 0 Å². The first-order chi connectivity index (χ1) is 11.2. The molecule has 0 N–H and O–H groups in total. The molecule has 0 spiro atoms. The molecule has 0 heterocycles. The third-order valence-electron chi connectivity index (χ3n) is 4.51. The van der Waals surface area contributed by atoms with Gasteiger partial charge in [0.05, 0.1) is 5.56 Å². The van der Waals surface area contributed by atoms with E-state index in [1.54, 1.807) is 0 Å². The molecule has 1 aliphatic carbocycles. The average molecular weight is 306 g/mol. The summed E-state index contributed by atoms with van der Waals surface area (Å²) in [5.41, 5.74) is 2.80. The Kier molecular flexibility index (Phi) is 4.92. The monoisotopic (exact) mass is 306 g/mol. The van der Waals surface area contributed by atoms with E-state index in [1.165, 1.54) is 19.3 Å². The summed E-state index contributed by atoms with van der Waals surface area (Å²) in [5, 5.41) is 0. The van der Waals surface area contributed by atoms with Gasteiger partial charge in [0.1, 0.15) is 5.76 Å². The van der Waals surface area contributed by atoms with Crippen LogP contribution in [-0.2, 0) is 4.74 Å². The van der Waals surface area contributed by atoms with Gasteiger partial charge in [-0.25, -0.2) is 4.79 Å². The summed E-state index contributed by atoms with van der Waals surface area (Å²) < 4.78 is 5.49. The molecule has 1 saturated carbocycles. The lowest BCUT2D eigenvalue weighted by molar-refractivity contribution is 0.0577. The quantitative estimate of drug-likeness (QED) is 0.542. The van der Waals surface area contributed by atoms with Crippen molar-refractivity contribution in [1.82, 2.24) is 0 Å². The van der Waals surface area contributed by atoms with E-state index >= 15 is 0 Å². The van der Waals surface area contributed by atoms with Gasteiger partial charge in [0.25, 0.3) is 0 Å². The number of hydrogen-bond donors (Lipinski definition) is 0. The summed E-state index contributed by atoms with van der Waals surface area (Å²) in [6.07, 6.45) is 5.84. The van der Waals surface area contributed by atoms with Crippen LogP contribution in [0.1, 0.15) is 42.5 Å². The highest BCUT2D eigenvalue weighted by Gasteiger charge is 2.20. The van der Waals surface area contributed by atoms with Crippen LogP contribution in [0.15, 0.2) is 66.9 Å². The van der Waals surface area contributed by atoms with Crippen LogP contribution >= 0.6 is 0 Å². The molecule has 2 aromatic carbocycles. The highest BCUT2D eigenvalue weighted by Crippen LogP contribution is 2.30. The van der Waals surface area contributed by atoms with Gasteiger partial charge in [-0.1, -0.05) is 68.3 Å². The van der Waals surface area contributed by atoms with Crippen LogP contribution in [0.2, 0.25) is 0 Å². The predicted octanol–water partition coefficient (Wildman–Crippen LogP) is 5.60. The highest BCUT2D eigenvalue weighted by molar-refractivity contribution is 5.90. The van der Waals surface area contributed by atoms with Crippen molar-refractivity contribution < 1.29 is 9.53 Å². The number of ether oxygens (including phenoxy) is 1. The van der Waals surface area contributed by atoms with Gasteiger partial charge in [0.15, 0.2) is 0 Å². The van der Waals surface area contributed by atoms with Crippen LogP contribution in [0.4, 0.5) is 0 Å². The molecular formula is C21H22O2. The van der Waals surface area contributed by atoms with E-state index in [0.717, 1.165) is 24.0 Å². The molecule has 0 atom stereocenters. The highest BCUT2D eigenvalue weighted by atomic mass is 16.5. The molecule has 2 heteroatoms. The summed E-state index contributed by atoms with van der Waals surface area (Å²) in [7, 11) is 0. The zero-order valence-electron chi connectivity index (χ0n) is 13.3. The van der Waals surface area contributed by atoms with Crippen molar-refractivity contribution in [2.45, 2.75) is 32.1 Å². The Balaban J connectivity index is 1.64. The van der Waals surface area contributed by atoms with E-state index in [1.807, 2.05) is 42.5 Å². The lowest BCUT2D eigenvalue weighted by atomic mass is 9.88. The van der Waals surface area contributed by atoms with E-state index in [9.17, 15) is 4.79 Å². The molecule has 0 aliphatic heterocycles. The molecule has 0 unspecified atom stereocenters. The van der Waals surface area contributed by atoms with E-state index in [2.05, 4.69) is 18.7 Å². The van der Waals surface area contributed by atoms with Crippen LogP contribution in [0.25, 0.3) is 11.1 Å². The lowest BCUT2D eigenvalue weighted by Crippen LogP contribution is -2.14. The summed E-state index contributed by atoms with van der Waals surface area (Å²) in [6.45, 7) is 3.97. The number of allylic oxidation sites excluding steroid dienone is 1. The Morgan fingerprint density at radius 1 is 0.870 bits per heavy atom. The fraction of sp³-hybridized carbons (Fsp3) is 0.286. The van der Waals surface area contributed by atoms with Crippen LogP contribution in [-0.4, -0.2) is 5.97 Å². The lowest BCUT2D eigenvalue weighted by Gasteiger charge is -2.22. The third-order valence-corrected chi connectivity index (χ3v) is 4.51. The van der Waals surface area contributed by atoms with Crippen LogP contribution in [0.5, 0.6) is 0 Å². The fourth-order valence-electron chi connectivity index (χ4n) is 3.12. The molecule has 0 radical (unpaired) electrons. The Morgan fingerprint density at radius 3 is 2.13 bits per heavy atom. The molecule has 118 valence electrons. The Labute approximate surface area is 137 Å². The number of carbonyl (C=O) groups excluding carboxylic acids is 1. The number of hydrogen-bond acceptors (Lipinski definition) is 2. The molecule has 0 saturated heterocycles. The van der Waals surface area contributed by atoms with Gasteiger partial charge in [0.2, 0.25) is 0 Å². The standard InChI is InChI=1S/C21H22O2/c1-16(17-8-4-2-5-9-17)23-21(22)20-14-12-19(13-15-20)18-10-6-3-7-11-18/h3,6-7,10-15,17H,1-2,4-5,8-9H2. The summed E-state index contributed by atoms with van der Waals surface area (Å²) in [4.78, 5) is 12.3. The second-order valence-corrected chi connectivity index (χ2v) is 6.13. The molecule has 1 fully saturated rings. The Bertz CT molecular complexity index is 665. The van der Waals surface area contributed by atoms with Gasteiger partial charge in [-0.2, -0.15) is 0 Å². The van der Waals surface area contributed by atoms with E-state index in [0.29, 0.717) is 17.2 Å². The van der Waals surface area contributed by atoms with Gasteiger partial charge in [-0.3, -0.25) is 0 Å². The molecule has 3 rings (SSSR count). The number of carbonyl (C=O) groups is 1. The molecular weight excluding hydrogens is 284 g/mol. The second kappa shape index (κ2) is 7.28. The molecule has 2 aromatic rings. The normalized spacial score (nSPS) is 15.1. The second-order valence-electron chi connectivity index (χ2n) is 6.13. The first kappa shape index (κ1) is 15.5. The van der Waals surface area contributed by atoms with Crippen molar-refractivity contribution in [2.75, 3.05) is 0 Å². The Morgan fingerprint density at radius 2 is 1.48 bits per heavy atom. The minimum absolute atomic E-state index is 0.305. The number of benzene rings is 2. The van der Waals surface area contributed by atoms with Crippen LogP contribution < -0.4 is 0 Å². The molecule has 0 aromatic heterocycles. The minimum atomic E-state index is -0.305. The topological polar surface area (TPSA) is 26.3 Å². The van der Waals surface area contributed by atoms with Crippen molar-refractivity contribution in [3.05, 3.63) is 72.5 Å². The van der Waals surface area contributed by atoms with Gasteiger partial charge >= 0.3 is 5.97 Å². The number of rotatable bonds is 4. The van der Waals surface area contributed by atoms with Gasteiger partial charge < -0.3 is 4.74 Å². The zero-order chi connectivity index (χ0) is 16.1. The van der Waals surface area contributed by atoms with E-state index in [4.69, 9.17) is 4.74 Å². The minimum Gasteiger partial charge on any atom is -0.428 e. The fourth-order valence-corrected chi connectivity index (χ4v) is 3.12. The van der Waals surface area contributed by atoms with Crippen molar-refractivity contribution in [3.8, 4) is 11.1 Å². The van der Waals surface area contributed by atoms with Gasteiger partial charge in [-0.05, 0) is 36.1 Å². The smallest absolute Gasteiger partial charge is 0.343 e. The molecule has 23 heavy (non-hydrogen) atoms. The molecule has 1 aliphatic rings. The maximum Gasteiger partial charge on any atom is 0.343 e. The van der Waals surface area contributed by atoms with Crippen molar-refractivity contribution in [3.63, 3.8) is 0 Å². The summed E-state index contributed by atoms with van der Waals surface area (Å²) in [6, 6.07) is 17.7. The third kappa shape index (κ3) is 3.89. The van der Waals surface area contributed by atoms with Gasteiger partial charge in [0, 0.05) is 5.92 Å². The maximum absolute atomic E-state index is 12.3. The number of esters is 1. The SMILES string of the molecule is C=C(OC(=O)c1ccc(-c2ccccc2)cc1)C1CCCCC1. The predicted molar refractivity (Wildman–Crippen MR) is 93.0 cm³/mol. The summed E-state index contributed by atoms with van der Waals surface area (Å²) >= 11 is 0.